The van der Waals surface area contributed by atoms with Gasteiger partial charge in [-0.25, -0.2) is 9.18 Å². The van der Waals surface area contributed by atoms with Crippen molar-refractivity contribution in [1.82, 2.24) is 10.5 Å². The van der Waals surface area contributed by atoms with Crippen molar-refractivity contribution in [1.29, 1.82) is 0 Å². The minimum atomic E-state index is -0.949. The van der Waals surface area contributed by atoms with Crippen LogP contribution in [0.2, 0.25) is 0 Å². The Morgan fingerprint density at radius 3 is 2.62 bits per heavy atom. The molecule has 2 rings (SSSR count). The number of rotatable bonds is 4. The third-order valence-corrected chi connectivity index (χ3v) is 2.91. The molecule has 1 heterocycles. The van der Waals surface area contributed by atoms with E-state index in [9.17, 15) is 14.3 Å². The van der Waals surface area contributed by atoms with Gasteiger partial charge < -0.3 is 14.9 Å². The summed E-state index contributed by atoms with van der Waals surface area (Å²) in [5.74, 6) is 0.476. The van der Waals surface area contributed by atoms with E-state index in [4.69, 9.17) is 4.52 Å². The fraction of sp³-hybridized carbons (Fsp3) is 0.286. The van der Waals surface area contributed by atoms with Gasteiger partial charge in [-0.05, 0) is 31.5 Å². The van der Waals surface area contributed by atoms with Crippen molar-refractivity contribution in [2.24, 2.45) is 0 Å². The lowest BCUT2D eigenvalue weighted by atomic mass is 10.0. The highest BCUT2D eigenvalue weighted by Gasteiger charge is 2.19. The molecule has 3 N–H and O–H groups in total. The Balaban J connectivity index is 1.92. The van der Waals surface area contributed by atoms with E-state index in [2.05, 4.69) is 15.8 Å². The zero-order valence-electron chi connectivity index (χ0n) is 11.6. The number of aryl methyl sites for hydroxylation is 1. The van der Waals surface area contributed by atoms with Gasteiger partial charge in [-0.15, -0.1) is 0 Å². The maximum Gasteiger partial charge on any atom is 0.320 e. The molecule has 0 radical (unpaired) electrons. The Labute approximate surface area is 120 Å². The summed E-state index contributed by atoms with van der Waals surface area (Å²) < 4.78 is 17.6. The average Bonchev–Trinajstić information content (AvgIpc) is 2.83. The largest absolute Gasteiger partial charge is 0.386 e. The van der Waals surface area contributed by atoms with Crippen LogP contribution in [0.1, 0.15) is 24.4 Å². The first-order valence-corrected chi connectivity index (χ1v) is 6.40. The van der Waals surface area contributed by atoms with Crippen LogP contribution in [0.5, 0.6) is 0 Å². The van der Waals surface area contributed by atoms with Crippen molar-refractivity contribution >= 4 is 11.8 Å². The van der Waals surface area contributed by atoms with Crippen molar-refractivity contribution < 1.29 is 18.8 Å². The van der Waals surface area contributed by atoms with Crippen LogP contribution in [-0.2, 0) is 0 Å². The van der Waals surface area contributed by atoms with Crippen molar-refractivity contribution in [2.75, 3.05) is 5.32 Å². The zero-order valence-corrected chi connectivity index (χ0v) is 11.6. The van der Waals surface area contributed by atoms with Gasteiger partial charge in [-0.1, -0.05) is 17.3 Å². The predicted octanol–water partition coefficient (Wildman–Crippen LogP) is 2.37. The molecule has 7 heteroatoms. The summed E-state index contributed by atoms with van der Waals surface area (Å²) in [7, 11) is 0. The van der Waals surface area contributed by atoms with E-state index < -0.39 is 18.2 Å². The summed E-state index contributed by atoms with van der Waals surface area (Å²) in [6.07, 6.45) is -0.949. The number of carbonyl (C=O) groups is 1. The number of aliphatic hydroxyl groups excluding tert-OH is 1. The van der Waals surface area contributed by atoms with E-state index in [1.807, 2.05) is 0 Å². The Hall–Kier alpha value is -2.41. The molecule has 2 atom stereocenters. The molecular formula is C14H16FN3O3. The first-order chi connectivity index (χ1) is 9.95. The third-order valence-electron chi connectivity index (χ3n) is 2.91. The number of amides is 2. The van der Waals surface area contributed by atoms with Gasteiger partial charge in [0.05, 0.1) is 12.1 Å². The fourth-order valence-corrected chi connectivity index (χ4v) is 1.81. The molecule has 2 aromatic rings. The molecule has 21 heavy (non-hydrogen) atoms. The Morgan fingerprint density at radius 2 is 2.05 bits per heavy atom. The van der Waals surface area contributed by atoms with Crippen LogP contribution in [0.15, 0.2) is 34.9 Å². The highest BCUT2D eigenvalue weighted by molar-refractivity contribution is 5.88. The van der Waals surface area contributed by atoms with Crippen LogP contribution in [-0.4, -0.2) is 22.3 Å². The number of hydrogen-bond acceptors (Lipinski definition) is 4. The Bertz CT molecular complexity index is 612. The summed E-state index contributed by atoms with van der Waals surface area (Å²) in [5.41, 5.74) is 0.515. The van der Waals surface area contributed by atoms with E-state index in [0.717, 1.165) is 0 Å². The molecule has 0 aliphatic rings. The minimum absolute atomic E-state index is 0.286. The highest BCUT2D eigenvalue weighted by atomic mass is 19.1. The lowest BCUT2D eigenvalue weighted by Gasteiger charge is -2.20. The van der Waals surface area contributed by atoms with Crippen LogP contribution in [0, 0.1) is 12.7 Å². The van der Waals surface area contributed by atoms with Crippen LogP contribution in [0.4, 0.5) is 15.0 Å². The summed E-state index contributed by atoms with van der Waals surface area (Å²) in [6, 6.07) is 5.93. The SMILES string of the molecule is Cc1cc(NC(=O)N[C@H](C)[C@H](O)c2ccc(F)cc2)no1. The van der Waals surface area contributed by atoms with Crippen molar-refractivity contribution in [3.63, 3.8) is 0 Å². The van der Waals surface area contributed by atoms with Gasteiger partial charge in [0.2, 0.25) is 0 Å². The van der Waals surface area contributed by atoms with Crippen LogP contribution in [0.25, 0.3) is 0 Å². The molecule has 0 bridgehead atoms. The second kappa shape index (κ2) is 6.36. The summed E-state index contributed by atoms with van der Waals surface area (Å²) >= 11 is 0. The van der Waals surface area contributed by atoms with Crippen molar-refractivity contribution in [3.05, 3.63) is 47.5 Å². The number of nitrogens with one attached hydrogen (secondary N) is 2. The van der Waals surface area contributed by atoms with E-state index >= 15 is 0 Å². The van der Waals surface area contributed by atoms with Crippen LogP contribution in [0.3, 0.4) is 0 Å². The topological polar surface area (TPSA) is 87.4 Å². The van der Waals surface area contributed by atoms with Gasteiger partial charge in [0.25, 0.3) is 0 Å². The maximum atomic E-state index is 12.8. The Morgan fingerprint density at radius 1 is 1.38 bits per heavy atom. The molecular weight excluding hydrogens is 277 g/mol. The van der Waals surface area contributed by atoms with Gasteiger partial charge in [-0.2, -0.15) is 0 Å². The lowest BCUT2D eigenvalue weighted by Crippen LogP contribution is -2.39. The van der Waals surface area contributed by atoms with Gasteiger partial charge in [0.1, 0.15) is 11.6 Å². The fourth-order valence-electron chi connectivity index (χ4n) is 1.81. The smallest absolute Gasteiger partial charge is 0.320 e. The number of hydrogen-bond donors (Lipinski definition) is 3. The number of benzene rings is 1. The highest BCUT2D eigenvalue weighted by Crippen LogP contribution is 2.17. The molecule has 0 saturated heterocycles. The first kappa shape index (κ1) is 15.0. The molecule has 1 aromatic carbocycles. The van der Waals surface area contributed by atoms with Crippen LogP contribution < -0.4 is 10.6 Å². The first-order valence-electron chi connectivity index (χ1n) is 6.40. The molecule has 0 aliphatic carbocycles. The molecule has 112 valence electrons. The van der Waals surface area contributed by atoms with Crippen LogP contribution >= 0.6 is 0 Å². The normalized spacial score (nSPS) is 13.5. The van der Waals surface area contributed by atoms with Gasteiger partial charge >= 0.3 is 6.03 Å². The number of urea groups is 1. The average molecular weight is 293 g/mol. The van der Waals surface area contributed by atoms with E-state index in [1.165, 1.54) is 24.3 Å². The predicted molar refractivity (Wildman–Crippen MR) is 74.2 cm³/mol. The molecule has 0 saturated carbocycles. The van der Waals surface area contributed by atoms with Crippen molar-refractivity contribution in [2.45, 2.75) is 26.0 Å². The van der Waals surface area contributed by atoms with E-state index in [1.54, 1.807) is 19.9 Å². The quantitative estimate of drug-likeness (QED) is 0.807. The van der Waals surface area contributed by atoms with E-state index in [-0.39, 0.29) is 11.6 Å². The number of aromatic nitrogens is 1. The van der Waals surface area contributed by atoms with E-state index in [0.29, 0.717) is 11.3 Å². The maximum absolute atomic E-state index is 12.8. The Kier molecular flexibility index (Phi) is 4.54. The molecule has 6 nitrogen and oxygen atoms in total. The number of carbonyl (C=O) groups excluding carboxylic acids is 1. The number of halogens is 1. The summed E-state index contributed by atoms with van der Waals surface area (Å²) in [6.45, 7) is 3.35. The zero-order chi connectivity index (χ0) is 15.4. The standard InChI is InChI=1S/C14H16FN3O3/c1-8-7-12(18-21-8)17-14(20)16-9(2)13(19)10-3-5-11(15)6-4-10/h3-7,9,13,19H,1-2H3,(H2,16,17,18,20)/t9-,13+/m1/s1. The number of aliphatic hydroxyl groups is 1. The monoisotopic (exact) mass is 293 g/mol. The number of nitrogens with zero attached hydrogens (tertiary/aromatic N) is 1. The lowest BCUT2D eigenvalue weighted by molar-refractivity contribution is 0.139. The molecule has 0 aliphatic heterocycles. The molecule has 0 unspecified atom stereocenters. The van der Waals surface area contributed by atoms with Crippen molar-refractivity contribution in [3.8, 4) is 0 Å². The second-order valence-electron chi connectivity index (χ2n) is 4.71. The molecule has 2 amide bonds. The minimum Gasteiger partial charge on any atom is -0.386 e. The molecule has 0 spiro atoms. The van der Waals surface area contributed by atoms with Gasteiger partial charge in [-0.3, -0.25) is 5.32 Å². The number of anilines is 1. The third kappa shape index (κ3) is 4.03. The molecule has 0 fully saturated rings. The van der Waals surface area contributed by atoms with Gasteiger partial charge in [0.15, 0.2) is 5.82 Å². The summed E-state index contributed by atoms with van der Waals surface area (Å²) in [5, 5.41) is 18.8. The summed E-state index contributed by atoms with van der Waals surface area (Å²) in [4.78, 5) is 11.7. The molecule has 1 aromatic heterocycles. The van der Waals surface area contributed by atoms with Gasteiger partial charge in [0, 0.05) is 6.07 Å². The second-order valence-corrected chi connectivity index (χ2v) is 4.71.